The van der Waals surface area contributed by atoms with Gasteiger partial charge in [-0.3, -0.25) is 13.9 Å². The second-order valence-corrected chi connectivity index (χ2v) is 14.9. The largest absolute Gasteiger partial charge is 0.445 e. The van der Waals surface area contributed by atoms with Crippen molar-refractivity contribution in [3.8, 4) is 0 Å². The number of hydrogen-bond donors (Lipinski definition) is 1. The first-order chi connectivity index (χ1) is 20.6. The third-order valence-corrected chi connectivity index (χ3v) is 10.7. The van der Waals surface area contributed by atoms with E-state index in [4.69, 9.17) is 4.74 Å². The molecule has 3 aliphatic rings. The number of piperidine rings is 1. The van der Waals surface area contributed by atoms with Crippen molar-refractivity contribution in [2.75, 3.05) is 39.0 Å². The van der Waals surface area contributed by atoms with Crippen LogP contribution in [0.3, 0.4) is 0 Å². The van der Waals surface area contributed by atoms with Gasteiger partial charge in [-0.1, -0.05) is 61.4 Å². The minimum atomic E-state index is -2.30. The third-order valence-electron chi connectivity index (χ3n) is 9.39. The fraction of sp³-hybridized carbons (Fsp3) is 0.500. The zero-order chi connectivity index (χ0) is 30.6. The van der Waals surface area contributed by atoms with E-state index in [0.29, 0.717) is 37.6 Å². The number of likely N-dealkylation sites (tertiary alicyclic amines) is 2. The molecule has 8 nitrogen and oxygen atoms in total. The summed E-state index contributed by atoms with van der Waals surface area (Å²) >= 11 is 0. The maximum Gasteiger partial charge on any atom is 0.410 e. The van der Waals surface area contributed by atoms with Gasteiger partial charge in [0.05, 0.1) is 12.6 Å². The lowest BCUT2D eigenvalue weighted by atomic mass is 9.86. The number of rotatable bonds is 9. The molecule has 3 fully saturated rings. The van der Waals surface area contributed by atoms with E-state index in [1.54, 1.807) is 29.4 Å². The predicted molar refractivity (Wildman–Crippen MR) is 170 cm³/mol. The standard InChI is InChI=1S/C34H45N3O5S/c1-4-20-37(33(39)42-24-26-14-16-30(17-15-26)43(2,3)41)29-18-21-35(22-19-29)31-23-36(32(38)27-10-8-9-11-27)25-34(31,40)28-12-6-5-7-13-28/h4-7,12-17,27,29,31,40H,1-2,8-11,18-25H2,3H3/t31-,34-,43?/m0/s1. The number of nitrogens with zero attached hydrogens (tertiary/aromatic N) is 3. The molecule has 0 spiro atoms. The van der Waals surface area contributed by atoms with Crippen LogP contribution >= 0.6 is 0 Å². The molecule has 2 aromatic rings. The van der Waals surface area contributed by atoms with Gasteiger partial charge in [0, 0.05) is 49.3 Å². The number of β-amino-alcohol motifs (C(OH)–C–C–N with tert-alkyl or cyclic N) is 1. The Bertz CT molecular complexity index is 1380. The van der Waals surface area contributed by atoms with Gasteiger partial charge >= 0.3 is 6.09 Å². The molecule has 2 aliphatic heterocycles. The molecule has 1 aliphatic carbocycles. The Balaban J connectivity index is 1.24. The van der Waals surface area contributed by atoms with E-state index in [1.165, 1.54) is 0 Å². The Morgan fingerprint density at radius 1 is 1.07 bits per heavy atom. The number of ether oxygens (including phenoxy) is 1. The van der Waals surface area contributed by atoms with E-state index < -0.39 is 21.2 Å². The van der Waals surface area contributed by atoms with Gasteiger partial charge in [0.1, 0.15) is 12.2 Å². The number of hydrogen-bond acceptors (Lipinski definition) is 6. The average molecular weight is 608 g/mol. The van der Waals surface area contributed by atoms with E-state index in [9.17, 15) is 18.9 Å². The van der Waals surface area contributed by atoms with E-state index >= 15 is 0 Å². The summed E-state index contributed by atoms with van der Waals surface area (Å²) in [5.74, 6) is 3.95. The van der Waals surface area contributed by atoms with Crippen molar-refractivity contribution in [1.29, 1.82) is 0 Å². The molecular weight excluding hydrogens is 562 g/mol. The second-order valence-electron chi connectivity index (χ2n) is 12.4. The van der Waals surface area contributed by atoms with Gasteiger partial charge in [-0.05, 0) is 64.3 Å². The number of carbonyl (C=O) groups is 2. The summed E-state index contributed by atoms with van der Waals surface area (Å²) in [6.07, 6.45) is 8.44. The van der Waals surface area contributed by atoms with Crippen molar-refractivity contribution in [1.82, 2.24) is 14.7 Å². The number of amides is 2. The van der Waals surface area contributed by atoms with Gasteiger partial charge in [-0.25, -0.2) is 4.79 Å². The van der Waals surface area contributed by atoms with Crippen molar-refractivity contribution in [2.24, 2.45) is 5.92 Å². The van der Waals surface area contributed by atoms with Crippen LogP contribution in [0.25, 0.3) is 0 Å². The van der Waals surface area contributed by atoms with Crippen LogP contribution in [0, 0.1) is 5.92 Å². The van der Waals surface area contributed by atoms with E-state index in [-0.39, 0.29) is 30.5 Å². The number of carbonyl (C=O) groups excluding carboxylic acids is 2. The fourth-order valence-corrected chi connectivity index (χ4v) is 7.68. The summed E-state index contributed by atoms with van der Waals surface area (Å²) in [7, 11) is -2.30. The SMILES string of the molecule is C=CCN(C(=O)OCc1ccc(S(=C)(C)=O)cc1)C1CCN([C@H]2CN(C(=O)C3CCCC3)C[C@]2(O)c2ccccc2)CC1. The van der Waals surface area contributed by atoms with E-state index in [0.717, 1.165) is 49.7 Å². The molecule has 3 atom stereocenters. The number of benzene rings is 2. The average Bonchev–Trinajstić information content (AvgIpc) is 3.68. The van der Waals surface area contributed by atoms with Crippen LogP contribution in [-0.4, -0.2) is 92.9 Å². The number of aliphatic hydroxyl groups is 1. The zero-order valence-corrected chi connectivity index (χ0v) is 26.1. The molecule has 0 radical (unpaired) electrons. The van der Waals surface area contributed by atoms with Gasteiger partial charge in [-0.15, -0.1) is 6.58 Å². The van der Waals surface area contributed by atoms with E-state index in [1.807, 2.05) is 47.4 Å². The molecular formula is C34H45N3O5S. The molecule has 1 saturated carbocycles. The van der Waals surface area contributed by atoms with Crippen LogP contribution in [0.4, 0.5) is 4.79 Å². The molecule has 2 amide bonds. The smallest absolute Gasteiger partial charge is 0.410 e. The van der Waals surface area contributed by atoms with Crippen molar-refractivity contribution < 1.29 is 23.6 Å². The minimum absolute atomic E-state index is 0.0255. The topological polar surface area (TPSA) is 90.4 Å². The predicted octanol–water partition coefficient (Wildman–Crippen LogP) is 4.27. The summed E-state index contributed by atoms with van der Waals surface area (Å²) in [6.45, 7) is 6.54. The van der Waals surface area contributed by atoms with Crippen LogP contribution in [0.5, 0.6) is 0 Å². The van der Waals surface area contributed by atoms with Crippen molar-refractivity contribution in [2.45, 2.75) is 67.7 Å². The quantitative estimate of drug-likeness (QED) is 0.338. The van der Waals surface area contributed by atoms with Gasteiger partial charge in [-0.2, -0.15) is 0 Å². The Morgan fingerprint density at radius 2 is 1.72 bits per heavy atom. The normalized spacial score (nSPS) is 24.9. The summed E-state index contributed by atoms with van der Waals surface area (Å²) in [6, 6.07) is 16.6. The van der Waals surface area contributed by atoms with Gasteiger partial charge in [0.2, 0.25) is 5.91 Å². The molecule has 2 aromatic carbocycles. The molecule has 232 valence electrons. The first kappa shape index (κ1) is 31.3. The van der Waals surface area contributed by atoms with Gasteiger partial charge in [0.25, 0.3) is 0 Å². The Kier molecular flexibility index (Phi) is 9.63. The highest BCUT2D eigenvalue weighted by Crippen LogP contribution is 2.39. The van der Waals surface area contributed by atoms with Gasteiger partial charge < -0.3 is 19.6 Å². The Labute approximate surface area is 256 Å². The van der Waals surface area contributed by atoms with Crippen LogP contribution in [0.2, 0.25) is 0 Å². The molecule has 2 heterocycles. The molecule has 0 aromatic heterocycles. The molecule has 1 N–H and O–H groups in total. The van der Waals surface area contributed by atoms with Crippen LogP contribution in [0.1, 0.15) is 49.7 Å². The zero-order valence-electron chi connectivity index (χ0n) is 25.2. The molecule has 5 rings (SSSR count). The van der Waals surface area contributed by atoms with Crippen molar-refractivity contribution in [3.05, 3.63) is 78.4 Å². The maximum atomic E-state index is 13.4. The maximum absolute atomic E-state index is 13.4. The molecule has 2 saturated heterocycles. The molecule has 0 bridgehead atoms. The summed E-state index contributed by atoms with van der Waals surface area (Å²) < 4.78 is 17.9. The van der Waals surface area contributed by atoms with E-state index in [2.05, 4.69) is 17.3 Å². The molecule has 9 heteroatoms. The van der Waals surface area contributed by atoms with Crippen LogP contribution < -0.4 is 0 Å². The van der Waals surface area contributed by atoms with Crippen LogP contribution in [0.15, 0.2) is 72.1 Å². The highest BCUT2D eigenvalue weighted by Gasteiger charge is 2.51. The third kappa shape index (κ3) is 7.00. The van der Waals surface area contributed by atoms with Gasteiger partial charge in [0.15, 0.2) is 0 Å². The highest BCUT2D eigenvalue weighted by atomic mass is 32.2. The fourth-order valence-electron chi connectivity index (χ4n) is 6.97. The lowest BCUT2D eigenvalue weighted by molar-refractivity contribution is -0.135. The second kappa shape index (κ2) is 13.2. The first-order valence-electron chi connectivity index (χ1n) is 15.4. The monoisotopic (exact) mass is 607 g/mol. The molecule has 43 heavy (non-hydrogen) atoms. The minimum Gasteiger partial charge on any atom is -0.445 e. The van der Waals surface area contributed by atoms with Crippen LogP contribution in [-0.2, 0) is 31.3 Å². The Hall–Kier alpha value is -3.14. The van der Waals surface area contributed by atoms with Crippen molar-refractivity contribution in [3.63, 3.8) is 0 Å². The molecule has 1 unspecified atom stereocenters. The summed E-state index contributed by atoms with van der Waals surface area (Å²) in [5, 5.41) is 12.2. The lowest BCUT2D eigenvalue weighted by Gasteiger charge is -2.43. The Morgan fingerprint density at radius 3 is 2.33 bits per heavy atom. The summed E-state index contributed by atoms with van der Waals surface area (Å²) in [5.41, 5.74) is 0.494. The first-order valence-corrected chi connectivity index (χ1v) is 17.5. The highest BCUT2D eigenvalue weighted by molar-refractivity contribution is 7.99. The lowest BCUT2D eigenvalue weighted by Crippen LogP contribution is -2.55. The summed E-state index contributed by atoms with van der Waals surface area (Å²) in [4.78, 5) is 33.2. The van der Waals surface area contributed by atoms with Crippen molar-refractivity contribution >= 4 is 27.4 Å².